The largest absolute Gasteiger partial charge is 0.493 e. The maximum atomic E-state index is 12.4. The molecule has 3 rings (SSSR count). The number of carbonyl (C=O) groups is 2. The van der Waals surface area contributed by atoms with Crippen LogP contribution < -0.4 is 20.1 Å². The molecule has 6 nitrogen and oxygen atoms in total. The molecule has 0 atom stereocenters. The number of methoxy groups -OCH3 is 2. The lowest BCUT2D eigenvalue weighted by Crippen LogP contribution is -2.25. The Labute approximate surface area is 162 Å². The topological polar surface area (TPSA) is 76.7 Å². The molecule has 1 aliphatic rings. The Kier molecular flexibility index (Phi) is 6.24. The maximum Gasteiger partial charge on any atom is 0.251 e. The minimum atomic E-state index is -0.165. The molecule has 142 valence electrons. The van der Waals surface area contributed by atoms with Crippen molar-refractivity contribution in [1.29, 1.82) is 0 Å². The minimum absolute atomic E-state index is 0.0211. The Bertz CT molecular complexity index is 854. The molecule has 0 unspecified atom stereocenters. The lowest BCUT2D eigenvalue weighted by molar-refractivity contribution is -0.115. The van der Waals surface area contributed by atoms with Crippen LogP contribution in [-0.4, -0.2) is 38.3 Å². The number of carbonyl (C=O) groups excluding carboxylic acids is 2. The van der Waals surface area contributed by atoms with Gasteiger partial charge in [0.05, 0.1) is 19.9 Å². The highest BCUT2D eigenvalue weighted by Crippen LogP contribution is 2.31. The molecule has 2 aromatic carbocycles. The third-order valence-electron chi connectivity index (χ3n) is 4.25. The number of thioether (sulfide) groups is 1. The first kappa shape index (κ1) is 19.1. The van der Waals surface area contributed by atoms with E-state index in [4.69, 9.17) is 9.47 Å². The quantitative estimate of drug-likeness (QED) is 0.798. The second-order valence-electron chi connectivity index (χ2n) is 6.05. The molecule has 27 heavy (non-hydrogen) atoms. The van der Waals surface area contributed by atoms with E-state index in [1.807, 2.05) is 24.3 Å². The van der Waals surface area contributed by atoms with Gasteiger partial charge in [-0.1, -0.05) is 6.07 Å². The summed E-state index contributed by atoms with van der Waals surface area (Å²) >= 11 is 1.62. The van der Waals surface area contributed by atoms with Crippen LogP contribution >= 0.6 is 11.8 Å². The summed E-state index contributed by atoms with van der Waals surface area (Å²) < 4.78 is 10.5. The molecule has 1 aliphatic heterocycles. The van der Waals surface area contributed by atoms with Crippen LogP contribution in [0.5, 0.6) is 11.5 Å². The summed E-state index contributed by atoms with van der Waals surface area (Å²) in [7, 11) is 3.19. The highest BCUT2D eigenvalue weighted by Gasteiger charge is 2.15. The van der Waals surface area contributed by atoms with E-state index in [1.165, 1.54) is 0 Å². The molecule has 0 bridgehead atoms. The van der Waals surface area contributed by atoms with Crippen molar-refractivity contribution in [1.82, 2.24) is 5.32 Å². The van der Waals surface area contributed by atoms with E-state index < -0.39 is 0 Å². The van der Waals surface area contributed by atoms with Crippen LogP contribution in [0.15, 0.2) is 41.3 Å². The predicted octanol–water partition coefficient (Wildman–Crippen LogP) is 3.11. The number of anilines is 1. The molecule has 0 aromatic heterocycles. The fraction of sp³-hybridized carbons (Fsp3) is 0.300. The molecule has 7 heteroatoms. The fourth-order valence-electron chi connectivity index (χ4n) is 2.82. The smallest absolute Gasteiger partial charge is 0.251 e. The minimum Gasteiger partial charge on any atom is -0.493 e. The van der Waals surface area contributed by atoms with Crippen LogP contribution in [0.2, 0.25) is 0 Å². The first-order valence-electron chi connectivity index (χ1n) is 8.66. The molecule has 0 radical (unpaired) electrons. The van der Waals surface area contributed by atoms with Gasteiger partial charge in [0.2, 0.25) is 5.91 Å². The average molecular weight is 386 g/mol. The van der Waals surface area contributed by atoms with Crippen LogP contribution in [-0.2, 0) is 11.2 Å². The second-order valence-corrected chi connectivity index (χ2v) is 7.19. The van der Waals surface area contributed by atoms with Crippen molar-refractivity contribution in [3.05, 3.63) is 47.5 Å². The SMILES string of the molecule is COc1ccc(CCNC(=O)c2ccc3c(c2)NC(=O)CCS3)cc1OC. The summed E-state index contributed by atoms with van der Waals surface area (Å²) in [5, 5.41) is 5.77. The van der Waals surface area contributed by atoms with E-state index in [-0.39, 0.29) is 11.8 Å². The number of nitrogens with one attached hydrogen (secondary N) is 2. The summed E-state index contributed by atoms with van der Waals surface area (Å²) in [5.74, 6) is 1.90. The molecule has 0 saturated carbocycles. The van der Waals surface area contributed by atoms with Gasteiger partial charge < -0.3 is 20.1 Å². The standard InChI is InChI=1S/C20H22N2O4S/c1-25-16-5-3-13(11-17(16)26-2)7-9-21-20(24)14-4-6-18-15(12-14)22-19(23)8-10-27-18/h3-6,11-12H,7-10H2,1-2H3,(H,21,24)(H,22,23). The first-order valence-corrected chi connectivity index (χ1v) is 9.65. The summed E-state index contributed by atoms with van der Waals surface area (Å²) in [6, 6.07) is 11.1. The van der Waals surface area contributed by atoms with Crippen molar-refractivity contribution < 1.29 is 19.1 Å². The monoisotopic (exact) mass is 386 g/mol. The van der Waals surface area contributed by atoms with E-state index in [0.29, 0.717) is 42.1 Å². The van der Waals surface area contributed by atoms with Crippen molar-refractivity contribution in [2.45, 2.75) is 17.7 Å². The van der Waals surface area contributed by atoms with Gasteiger partial charge in [-0.3, -0.25) is 9.59 Å². The van der Waals surface area contributed by atoms with Gasteiger partial charge in [0.25, 0.3) is 5.91 Å². The van der Waals surface area contributed by atoms with Crippen molar-refractivity contribution >= 4 is 29.3 Å². The summed E-state index contributed by atoms with van der Waals surface area (Å²) in [6.07, 6.45) is 1.15. The zero-order valence-electron chi connectivity index (χ0n) is 15.3. The van der Waals surface area contributed by atoms with Crippen LogP contribution in [0.1, 0.15) is 22.3 Å². The van der Waals surface area contributed by atoms with Crippen molar-refractivity contribution in [2.24, 2.45) is 0 Å². The molecule has 0 aliphatic carbocycles. The maximum absolute atomic E-state index is 12.4. The molecular weight excluding hydrogens is 364 g/mol. The third kappa shape index (κ3) is 4.74. The van der Waals surface area contributed by atoms with Crippen LogP contribution in [0.4, 0.5) is 5.69 Å². The molecule has 2 amide bonds. The first-order chi connectivity index (χ1) is 13.1. The van der Waals surface area contributed by atoms with Gasteiger partial charge in [-0.2, -0.15) is 0 Å². The normalized spacial score (nSPS) is 13.2. The molecular formula is C20H22N2O4S. The molecule has 1 heterocycles. The van der Waals surface area contributed by atoms with Gasteiger partial charge in [0.1, 0.15) is 0 Å². The number of hydrogen-bond donors (Lipinski definition) is 2. The Hall–Kier alpha value is -2.67. The number of benzene rings is 2. The zero-order valence-corrected chi connectivity index (χ0v) is 16.2. The Morgan fingerprint density at radius 3 is 2.74 bits per heavy atom. The average Bonchev–Trinajstić information content (AvgIpc) is 2.87. The highest BCUT2D eigenvalue weighted by molar-refractivity contribution is 7.99. The van der Waals surface area contributed by atoms with Crippen molar-refractivity contribution in [2.75, 3.05) is 31.8 Å². The van der Waals surface area contributed by atoms with Crippen LogP contribution in [0.25, 0.3) is 0 Å². The predicted molar refractivity (Wildman–Crippen MR) is 106 cm³/mol. The number of rotatable bonds is 6. The van der Waals surface area contributed by atoms with Gasteiger partial charge in [-0.25, -0.2) is 0 Å². The Morgan fingerprint density at radius 1 is 1.15 bits per heavy atom. The molecule has 2 aromatic rings. The zero-order chi connectivity index (χ0) is 19.2. The molecule has 0 spiro atoms. The number of fused-ring (bicyclic) bond motifs is 1. The van der Waals surface area contributed by atoms with E-state index in [2.05, 4.69) is 10.6 Å². The Balaban J connectivity index is 1.60. The summed E-state index contributed by atoms with van der Waals surface area (Å²) in [5.41, 5.74) is 2.28. The molecule has 0 fully saturated rings. The van der Waals surface area contributed by atoms with E-state index in [9.17, 15) is 9.59 Å². The lowest BCUT2D eigenvalue weighted by Gasteiger charge is -2.11. The van der Waals surface area contributed by atoms with E-state index in [1.54, 1.807) is 38.1 Å². The van der Waals surface area contributed by atoms with Crippen LogP contribution in [0, 0.1) is 0 Å². The third-order valence-corrected chi connectivity index (χ3v) is 5.32. The molecule has 0 saturated heterocycles. The van der Waals surface area contributed by atoms with Crippen molar-refractivity contribution in [3.8, 4) is 11.5 Å². The molecule has 2 N–H and O–H groups in total. The summed E-state index contributed by atoms with van der Waals surface area (Å²) in [6.45, 7) is 0.493. The van der Waals surface area contributed by atoms with Gasteiger partial charge in [0.15, 0.2) is 11.5 Å². The number of hydrogen-bond acceptors (Lipinski definition) is 5. The van der Waals surface area contributed by atoms with Crippen molar-refractivity contribution in [3.63, 3.8) is 0 Å². The van der Waals surface area contributed by atoms with E-state index in [0.717, 1.165) is 16.2 Å². The van der Waals surface area contributed by atoms with Gasteiger partial charge in [0, 0.05) is 29.2 Å². The highest BCUT2D eigenvalue weighted by atomic mass is 32.2. The van der Waals surface area contributed by atoms with Gasteiger partial charge in [-0.05, 0) is 42.3 Å². The van der Waals surface area contributed by atoms with Gasteiger partial charge >= 0.3 is 0 Å². The van der Waals surface area contributed by atoms with Crippen LogP contribution in [0.3, 0.4) is 0 Å². The second kappa shape index (κ2) is 8.81. The fourth-order valence-corrected chi connectivity index (χ4v) is 3.76. The van der Waals surface area contributed by atoms with E-state index >= 15 is 0 Å². The number of amides is 2. The number of ether oxygens (including phenoxy) is 2. The Morgan fingerprint density at radius 2 is 1.96 bits per heavy atom. The summed E-state index contributed by atoms with van der Waals surface area (Å²) in [4.78, 5) is 25.1. The van der Waals surface area contributed by atoms with Gasteiger partial charge in [-0.15, -0.1) is 11.8 Å². The lowest BCUT2D eigenvalue weighted by atomic mass is 10.1.